The standard InChI is InChI=1S/C18H19N3O3/c1-12-2-3-13(8-18(12)21(22)23)11-24-15-4-5-17-16(9-15)14(6-7-19)10-20-17/h2-5,8-10,20H,6-7,11,19H2,1H3. The van der Waals surface area contributed by atoms with Gasteiger partial charge in [0.1, 0.15) is 12.4 Å². The Hall–Kier alpha value is -2.86. The number of nitrogens with one attached hydrogen (secondary N) is 1. The number of fused-ring (bicyclic) bond motifs is 1. The van der Waals surface area contributed by atoms with E-state index in [-0.39, 0.29) is 17.2 Å². The smallest absolute Gasteiger partial charge is 0.272 e. The Balaban J connectivity index is 1.79. The first-order valence-electron chi connectivity index (χ1n) is 7.75. The number of hydrogen-bond donors (Lipinski definition) is 2. The molecule has 0 aliphatic heterocycles. The Bertz CT molecular complexity index is 886. The largest absolute Gasteiger partial charge is 0.489 e. The second-order valence-corrected chi connectivity index (χ2v) is 5.73. The number of nitrogens with two attached hydrogens (primary N) is 1. The number of rotatable bonds is 6. The maximum Gasteiger partial charge on any atom is 0.272 e. The van der Waals surface area contributed by atoms with Gasteiger partial charge in [0.05, 0.1) is 4.92 Å². The summed E-state index contributed by atoms with van der Waals surface area (Å²) in [4.78, 5) is 13.9. The van der Waals surface area contributed by atoms with Crippen molar-refractivity contribution in [3.8, 4) is 5.75 Å². The van der Waals surface area contributed by atoms with Gasteiger partial charge in [-0.1, -0.05) is 12.1 Å². The zero-order valence-corrected chi connectivity index (χ0v) is 13.4. The van der Waals surface area contributed by atoms with Crippen LogP contribution >= 0.6 is 0 Å². The van der Waals surface area contributed by atoms with Crippen molar-refractivity contribution in [2.24, 2.45) is 5.73 Å². The van der Waals surface area contributed by atoms with Crippen LogP contribution in [0.5, 0.6) is 5.75 Å². The Morgan fingerprint density at radius 2 is 2.08 bits per heavy atom. The maximum atomic E-state index is 11.0. The maximum absolute atomic E-state index is 11.0. The fourth-order valence-electron chi connectivity index (χ4n) is 2.72. The highest BCUT2D eigenvalue weighted by atomic mass is 16.6. The Morgan fingerprint density at radius 1 is 1.25 bits per heavy atom. The van der Waals surface area contributed by atoms with Crippen LogP contribution in [0.3, 0.4) is 0 Å². The molecule has 3 rings (SSSR count). The minimum Gasteiger partial charge on any atom is -0.489 e. The van der Waals surface area contributed by atoms with Crippen molar-refractivity contribution in [1.82, 2.24) is 4.98 Å². The summed E-state index contributed by atoms with van der Waals surface area (Å²) in [5.41, 5.74) is 9.35. The highest BCUT2D eigenvalue weighted by Gasteiger charge is 2.11. The predicted molar refractivity (Wildman–Crippen MR) is 93.2 cm³/mol. The average molecular weight is 325 g/mol. The number of nitro groups is 1. The van der Waals surface area contributed by atoms with Crippen molar-refractivity contribution in [1.29, 1.82) is 0 Å². The molecular weight excluding hydrogens is 306 g/mol. The molecule has 6 heteroatoms. The number of aromatic amines is 1. The lowest BCUT2D eigenvalue weighted by molar-refractivity contribution is -0.385. The van der Waals surface area contributed by atoms with Crippen LogP contribution in [0, 0.1) is 17.0 Å². The van der Waals surface area contributed by atoms with E-state index in [1.807, 2.05) is 30.5 Å². The first-order valence-corrected chi connectivity index (χ1v) is 7.75. The zero-order chi connectivity index (χ0) is 17.1. The van der Waals surface area contributed by atoms with Gasteiger partial charge in [-0.25, -0.2) is 0 Å². The van der Waals surface area contributed by atoms with Gasteiger partial charge in [-0.3, -0.25) is 10.1 Å². The second kappa shape index (κ2) is 6.72. The van der Waals surface area contributed by atoms with Crippen LogP contribution in [0.2, 0.25) is 0 Å². The van der Waals surface area contributed by atoms with Crippen LogP contribution < -0.4 is 10.5 Å². The molecule has 0 saturated carbocycles. The number of aromatic nitrogens is 1. The topological polar surface area (TPSA) is 94.2 Å². The van der Waals surface area contributed by atoms with Gasteiger partial charge in [0.15, 0.2) is 0 Å². The van der Waals surface area contributed by atoms with E-state index < -0.39 is 0 Å². The molecule has 24 heavy (non-hydrogen) atoms. The van der Waals surface area contributed by atoms with Crippen LogP contribution in [0.15, 0.2) is 42.6 Å². The third-order valence-corrected chi connectivity index (χ3v) is 4.03. The molecule has 1 aromatic heterocycles. The van der Waals surface area contributed by atoms with Crippen LogP contribution in [-0.2, 0) is 13.0 Å². The first kappa shape index (κ1) is 16.0. The molecule has 1 heterocycles. The van der Waals surface area contributed by atoms with E-state index >= 15 is 0 Å². The van der Waals surface area contributed by atoms with Gasteiger partial charge in [0, 0.05) is 28.7 Å². The molecule has 0 fully saturated rings. The third kappa shape index (κ3) is 3.23. The first-order chi connectivity index (χ1) is 11.6. The molecule has 0 aliphatic rings. The Morgan fingerprint density at radius 3 is 2.83 bits per heavy atom. The lowest BCUT2D eigenvalue weighted by atomic mass is 10.1. The number of H-pyrrole nitrogens is 1. The van der Waals surface area contributed by atoms with E-state index in [2.05, 4.69) is 4.98 Å². The predicted octanol–water partition coefficient (Wildman–Crippen LogP) is 3.46. The van der Waals surface area contributed by atoms with E-state index in [9.17, 15) is 10.1 Å². The van der Waals surface area contributed by atoms with E-state index in [0.29, 0.717) is 12.1 Å². The number of benzene rings is 2. The van der Waals surface area contributed by atoms with E-state index in [4.69, 9.17) is 10.5 Å². The summed E-state index contributed by atoms with van der Waals surface area (Å²) < 4.78 is 5.81. The van der Waals surface area contributed by atoms with Crippen molar-refractivity contribution < 1.29 is 9.66 Å². The lowest BCUT2D eigenvalue weighted by Gasteiger charge is -2.08. The normalized spacial score (nSPS) is 10.9. The molecule has 0 aliphatic carbocycles. The van der Waals surface area contributed by atoms with Gasteiger partial charge in [-0.15, -0.1) is 0 Å². The van der Waals surface area contributed by atoms with Crippen LogP contribution in [0.1, 0.15) is 16.7 Å². The van der Waals surface area contributed by atoms with Crippen LogP contribution in [0.4, 0.5) is 5.69 Å². The Kier molecular flexibility index (Phi) is 4.48. The molecule has 6 nitrogen and oxygen atoms in total. The molecule has 124 valence electrons. The highest BCUT2D eigenvalue weighted by Crippen LogP contribution is 2.25. The molecule has 0 bridgehead atoms. The molecule has 0 radical (unpaired) electrons. The third-order valence-electron chi connectivity index (χ3n) is 4.03. The molecule has 3 aromatic rings. The van der Waals surface area contributed by atoms with Crippen molar-refractivity contribution >= 4 is 16.6 Å². The number of aryl methyl sites for hydroxylation is 1. The minimum atomic E-state index is -0.371. The quantitative estimate of drug-likeness (QED) is 0.536. The van der Waals surface area contributed by atoms with Crippen LogP contribution in [0.25, 0.3) is 10.9 Å². The van der Waals surface area contributed by atoms with Gasteiger partial charge in [-0.2, -0.15) is 0 Å². The van der Waals surface area contributed by atoms with Crippen molar-refractivity contribution in [3.63, 3.8) is 0 Å². The van der Waals surface area contributed by atoms with Gasteiger partial charge < -0.3 is 15.5 Å². The molecule has 0 unspecified atom stereocenters. The van der Waals surface area contributed by atoms with Gasteiger partial charge in [-0.05, 0) is 49.2 Å². The average Bonchev–Trinajstić information content (AvgIpc) is 2.96. The van der Waals surface area contributed by atoms with E-state index in [1.54, 1.807) is 19.1 Å². The summed E-state index contributed by atoms with van der Waals surface area (Å²) >= 11 is 0. The van der Waals surface area contributed by atoms with Crippen molar-refractivity contribution in [3.05, 3.63) is 69.4 Å². The van der Waals surface area contributed by atoms with E-state index in [0.717, 1.165) is 34.2 Å². The van der Waals surface area contributed by atoms with Crippen LogP contribution in [-0.4, -0.2) is 16.5 Å². The molecule has 0 spiro atoms. The fraction of sp³-hybridized carbons (Fsp3) is 0.222. The molecule has 2 aromatic carbocycles. The summed E-state index contributed by atoms with van der Waals surface area (Å²) in [5.74, 6) is 0.726. The number of ether oxygens (including phenoxy) is 1. The summed E-state index contributed by atoms with van der Waals surface area (Å²) in [6.07, 6.45) is 2.76. The number of hydrogen-bond acceptors (Lipinski definition) is 4. The highest BCUT2D eigenvalue weighted by molar-refractivity contribution is 5.84. The fourth-order valence-corrected chi connectivity index (χ4v) is 2.72. The van der Waals surface area contributed by atoms with Gasteiger partial charge >= 0.3 is 0 Å². The minimum absolute atomic E-state index is 0.113. The van der Waals surface area contributed by atoms with Crippen molar-refractivity contribution in [2.45, 2.75) is 20.0 Å². The van der Waals surface area contributed by atoms with Gasteiger partial charge in [0.25, 0.3) is 5.69 Å². The lowest BCUT2D eigenvalue weighted by Crippen LogP contribution is -2.02. The zero-order valence-electron chi connectivity index (χ0n) is 13.4. The summed E-state index contributed by atoms with van der Waals surface area (Å²) in [5, 5.41) is 12.1. The molecular formula is C18H19N3O3. The van der Waals surface area contributed by atoms with Crippen molar-refractivity contribution in [2.75, 3.05) is 6.54 Å². The van der Waals surface area contributed by atoms with Gasteiger partial charge in [0.2, 0.25) is 0 Å². The monoisotopic (exact) mass is 325 g/mol. The molecule has 0 atom stereocenters. The molecule has 3 N–H and O–H groups in total. The summed E-state index contributed by atoms with van der Waals surface area (Å²) in [6, 6.07) is 11.0. The number of nitro benzene ring substituents is 1. The molecule has 0 amide bonds. The second-order valence-electron chi connectivity index (χ2n) is 5.73. The Labute approximate surface area is 139 Å². The SMILES string of the molecule is Cc1ccc(COc2ccc3[nH]cc(CCN)c3c2)cc1[N+](=O)[O-]. The summed E-state index contributed by atoms with van der Waals surface area (Å²) in [7, 11) is 0. The van der Waals surface area contributed by atoms with E-state index in [1.165, 1.54) is 0 Å². The summed E-state index contributed by atoms with van der Waals surface area (Å²) in [6.45, 7) is 2.59. The molecule has 0 saturated heterocycles. The number of nitrogens with zero attached hydrogens (tertiary/aromatic N) is 1.